The largest absolute Gasteiger partial charge is 0.398 e. The molecule has 0 fully saturated rings. The van der Waals surface area contributed by atoms with Crippen LogP contribution in [0.15, 0.2) is 30.3 Å². The van der Waals surface area contributed by atoms with Gasteiger partial charge < -0.3 is 11.5 Å². The Morgan fingerprint density at radius 1 is 1.00 bits per heavy atom. The van der Waals surface area contributed by atoms with Crippen molar-refractivity contribution >= 4 is 32.9 Å². The Kier molecular flexibility index (Phi) is 2.68. The molecule has 0 bridgehead atoms. The average Bonchev–Trinajstić information content (AvgIpc) is 2.78. The lowest BCUT2D eigenvalue weighted by atomic mass is 10.1. The van der Waals surface area contributed by atoms with Gasteiger partial charge in [-0.3, -0.25) is 0 Å². The Labute approximate surface area is 115 Å². The van der Waals surface area contributed by atoms with Crippen molar-refractivity contribution in [2.45, 2.75) is 13.8 Å². The van der Waals surface area contributed by atoms with Crippen molar-refractivity contribution in [1.29, 1.82) is 0 Å². The number of anilines is 2. The summed E-state index contributed by atoms with van der Waals surface area (Å²) >= 11 is 1.67. The van der Waals surface area contributed by atoms with Gasteiger partial charge in [0.1, 0.15) is 5.01 Å². The molecular formula is C15H15N3S. The van der Waals surface area contributed by atoms with Crippen molar-refractivity contribution < 1.29 is 0 Å². The molecule has 1 aromatic heterocycles. The van der Waals surface area contributed by atoms with Crippen LogP contribution in [0.4, 0.5) is 11.4 Å². The molecule has 0 spiro atoms. The number of aryl methyl sites for hydroxylation is 1. The first kappa shape index (κ1) is 12.0. The predicted octanol–water partition coefficient (Wildman–Crippen LogP) is 3.74. The molecule has 4 heteroatoms. The van der Waals surface area contributed by atoms with E-state index in [1.54, 1.807) is 11.3 Å². The molecule has 0 aliphatic rings. The summed E-state index contributed by atoms with van der Waals surface area (Å²) in [6.07, 6.45) is 0. The first-order valence-electron chi connectivity index (χ1n) is 6.08. The van der Waals surface area contributed by atoms with E-state index in [0.29, 0.717) is 11.4 Å². The second kappa shape index (κ2) is 4.24. The van der Waals surface area contributed by atoms with Gasteiger partial charge >= 0.3 is 0 Å². The van der Waals surface area contributed by atoms with Crippen molar-refractivity contribution in [3.05, 3.63) is 41.5 Å². The molecule has 0 saturated heterocycles. The Morgan fingerprint density at radius 3 is 2.37 bits per heavy atom. The molecule has 3 rings (SSSR count). The molecule has 0 unspecified atom stereocenters. The summed E-state index contributed by atoms with van der Waals surface area (Å²) in [6, 6.07) is 10.2. The van der Waals surface area contributed by atoms with Crippen LogP contribution >= 0.6 is 11.3 Å². The fourth-order valence-corrected chi connectivity index (χ4v) is 3.09. The van der Waals surface area contributed by atoms with Gasteiger partial charge in [0, 0.05) is 16.9 Å². The van der Waals surface area contributed by atoms with Gasteiger partial charge in [-0.1, -0.05) is 6.07 Å². The van der Waals surface area contributed by atoms with Crippen LogP contribution in [0.1, 0.15) is 11.1 Å². The topological polar surface area (TPSA) is 64.9 Å². The van der Waals surface area contributed by atoms with E-state index in [9.17, 15) is 0 Å². The van der Waals surface area contributed by atoms with Crippen LogP contribution in [0.25, 0.3) is 20.8 Å². The average molecular weight is 269 g/mol. The van der Waals surface area contributed by atoms with Gasteiger partial charge in [-0.25, -0.2) is 4.98 Å². The maximum atomic E-state index is 5.97. The van der Waals surface area contributed by atoms with Gasteiger partial charge in [-0.05, 0) is 49.2 Å². The summed E-state index contributed by atoms with van der Waals surface area (Å²) < 4.78 is 1.19. The molecule has 0 aliphatic carbocycles. The monoisotopic (exact) mass is 269 g/mol. The molecule has 2 aromatic carbocycles. The third-order valence-electron chi connectivity index (χ3n) is 3.28. The first-order chi connectivity index (χ1) is 9.04. The highest BCUT2D eigenvalue weighted by molar-refractivity contribution is 7.21. The molecule has 0 atom stereocenters. The molecule has 0 radical (unpaired) electrons. The number of hydrogen-bond acceptors (Lipinski definition) is 4. The molecular weight excluding hydrogens is 254 g/mol. The Morgan fingerprint density at radius 2 is 1.68 bits per heavy atom. The van der Waals surface area contributed by atoms with Gasteiger partial charge in [0.2, 0.25) is 0 Å². The number of fused-ring (bicyclic) bond motifs is 1. The number of benzene rings is 2. The van der Waals surface area contributed by atoms with Gasteiger partial charge in [0.05, 0.1) is 10.2 Å². The molecule has 0 aliphatic heterocycles. The zero-order chi connectivity index (χ0) is 13.6. The van der Waals surface area contributed by atoms with Crippen LogP contribution < -0.4 is 11.5 Å². The van der Waals surface area contributed by atoms with Gasteiger partial charge in [0.25, 0.3) is 0 Å². The highest BCUT2D eigenvalue weighted by Gasteiger charge is 2.09. The predicted molar refractivity (Wildman–Crippen MR) is 83.4 cm³/mol. The second-order valence-corrected chi connectivity index (χ2v) is 5.80. The lowest BCUT2D eigenvalue weighted by Crippen LogP contribution is -1.96. The Hall–Kier alpha value is -2.07. The van der Waals surface area contributed by atoms with E-state index < -0.39 is 0 Å². The van der Waals surface area contributed by atoms with Crippen LogP contribution in [-0.4, -0.2) is 4.98 Å². The normalized spacial score (nSPS) is 11.1. The fraction of sp³-hybridized carbons (Fsp3) is 0.133. The standard InChI is InChI=1S/C15H15N3S/c1-8-3-4-13-14(5-8)19-15(18-13)10-6-11(16)9(2)12(17)7-10/h3-7H,16-17H2,1-2H3. The lowest BCUT2D eigenvalue weighted by molar-refractivity contribution is 1.43. The van der Waals surface area contributed by atoms with Crippen LogP contribution in [0.3, 0.4) is 0 Å². The van der Waals surface area contributed by atoms with E-state index in [2.05, 4.69) is 24.0 Å². The van der Waals surface area contributed by atoms with Crippen LogP contribution in [0.5, 0.6) is 0 Å². The molecule has 96 valence electrons. The summed E-state index contributed by atoms with van der Waals surface area (Å²) in [7, 11) is 0. The zero-order valence-electron chi connectivity index (χ0n) is 10.9. The third-order valence-corrected chi connectivity index (χ3v) is 4.35. The maximum Gasteiger partial charge on any atom is 0.124 e. The summed E-state index contributed by atoms with van der Waals surface area (Å²) in [5, 5.41) is 0.957. The fourth-order valence-electron chi connectivity index (χ4n) is 2.04. The van der Waals surface area contributed by atoms with E-state index in [1.165, 1.54) is 10.3 Å². The quantitative estimate of drug-likeness (QED) is 0.661. The maximum absolute atomic E-state index is 5.97. The summed E-state index contributed by atoms with van der Waals surface area (Å²) in [6.45, 7) is 4.01. The minimum absolute atomic E-state index is 0.713. The van der Waals surface area contributed by atoms with Gasteiger partial charge in [-0.2, -0.15) is 0 Å². The number of hydrogen-bond donors (Lipinski definition) is 2. The van der Waals surface area contributed by atoms with E-state index in [1.807, 2.05) is 25.1 Å². The minimum atomic E-state index is 0.713. The number of nitrogen functional groups attached to an aromatic ring is 2. The van der Waals surface area contributed by atoms with Crippen LogP contribution in [0, 0.1) is 13.8 Å². The second-order valence-electron chi connectivity index (χ2n) is 4.77. The SMILES string of the molecule is Cc1ccc2nc(-c3cc(N)c(C)c(N)c3)sc2c1. The number of thiazole rings is 1. The van der Waals surface area contributed by atoms with Crippen LogP contribution in [0.2, 0.25) is 0 Å². The number of nitrogens with two attached hydrogens (primary N) is 2. The van der Waals surface area contributed by atoms with E-state index in [4.69, 9.17) is 11.5 Å². The molecule has 4 N–H and O–H groups in total. The van der Waals surface area contributed by atoms with E-state index in [0.717, 1.165) is 21.7 Å². The van der Waals surface area contributed by atoms with E-state index >= 15 is 0 Å². The van der Waals surface area contributed by atoms with Crippen molar-refractivity contribution in [1.82, 2.24) is 4.98 Å². The van der Waals surface area contributed by atoms with Gasteiger partial charge in [-0.15, -0.1) is 11.3 Å². The molecule has 3 nitrogen and oxygen atoms in total. The highest BCUT2D eigenvalue weighted by atomic mass is 32.1. The number of nitrogens with zero attached hydrogens (tertiary/aromatic N) is 1. The minimum Gasteiger partial charge on any atom is -0.398 e. The molecule has 0 amide bonds. The summed E-state index contributed by atoms with van der Waals surface area (Å²) in [4.78, 5) is 4.64. The summed E-state index contributed by atoms with van der Waals surface area (Å²) in [5.41, 5.74) is 17.5. The number of aromatic nitrogens is 1. The lowest BCUT2D eigenvalue weighted by Gasteiger charge is -2.06. The summed E-state index contributed by atoms with van der Waals surface area (Å²) in [5.74, 6) is 0. The molecule has 3 aromatic rings. The highest BCUT2D eigenvalue weighted by Crippen LogP contribution is 2.34. The third kappa shape index (κ3) is 2.04. The number of rotatable bonds is 1. The van der Waals surface area contributed by atoms with Crippen molar-refractivity contribution in [2.75, 3.05) is 11.5 Å². The van der Waals surface area contributed by atoms with Gasteiger partial charge in [0.15, 0.2) is 0 Å². The molecule has 0 saturated carbocycles. The van der Waals surface area contributed by atoms with Crippen molar-refractivity contribution in [3.63, 3.8) is 0 Å². The van der Waals surface area contributed by atoms with Crippen LogP contribution in [-0.2, 0) is 0 Å². The molecule has 1 heterocycles. The van der Waals surface area contributed by atoms with E-state index in [-0.39, 0.29) is 0 Å². The zero-order valence-corrected chi connectivity index (χ0v) is 11.7. The van der Waals surface area contributed by atoms with Crippen molar-refractivity contribution in [3.8, 4) is 10.6 Å². The smallest absolute Gasteiger partial charge is 0.124 e. The Balaban J connectivity index is 2.19. The van der Waals surface area contributed by atoms with Crippen molar-refractivity contribution in [2.24, 2.45) is 0 Å². The molecule has 19 heavy (non-hydrogen) atoms. The first-order valence-corrected chi connectivity index (χ1v) is 6.89. The Bertz CT molecular complexity index is 751.